The molecule has 0 unspecified atom stereocenters. The SMILES string of the molecule is CN1CCN(C(=O)C[C@H]2CN(C(=O)c3cncs3)CC[C@@H]2Oc2ccc(F)cc2)CC1. The van der Waals surface area contributed by atoms with E-state index in [2.05, 4.69) is 16.9 Å². The Morgan fingerprint density at radius 1 is 1.13 bits per heavy atom. The standard InChI is InChI=1S/C22H27FN4O3S/c1-25-8-10-26(11-9-25)21(28)12-16-14-27(22(29)20-13-24-15-31-20)7-6-19(16)30-18-4-2-17(23)3-5-18/h2-5,13,15-16,19H,6-12,14H2,1H3/t16-,19-/m0/s1. The molecule has 7 nitrogen and oxygen atoms in total. The number of piperidine rings is 1. The Bertz CT molecular complexity index is 885. The topological polar surface area (TPSA) is 66.0 Å². The maximum Gasteiger partial charge on any atom is 0.265 e. The predicted octanol–water partition coefficient (Wildman–Crippen LogP) is 2.36. The van der Waals surface area contributed by atoms with Crippen LogP contribution in [-0.4, -0.2) is 83.9 Å². The molecule has 1 aromatic heterocycles. The average molecular weight is 447 g/mol. The summed E-state index contributed by atoms with van der Waals surface area (Å²) >= 11 is 1.32. The van der Waals surface area contributed by atoms with Crippen molar-refractivity contribution in [1.82, 2.24) is 19.7 Å². The quantitative estimate of drug-likeness (QED) is 0.706. The Balaban J connectivity index is 1.46. The van der Waals surface area contributed by atoms with Crippen LogP contribution in [0.15, 0.2) is 36.0 Å². The lowest BCUT2D eigenvalue weighted by Gasteiger charge is -2.39. The summed E-state index contributed by atoms with van der Waals surface area (Å²) < 4.78 is 19.4. The number of nitrogens with zero attached hydrogens (tertiary/aromatic N) is 4. The van der Waals surface area contributed by atoms with Crippen molar-refractivity contribution in [3.63, 3.8) is 0 Å². The van der Waals surface area contributed by atoms with Crippen LogP contribution < -0.4 is 4.74 Å². The van der Waals surface area contributed by atoms with Gasteiger partial charge in [0.05, 0.1) is 11.7 Å². The van der Waals surface area contributed by atoms with Crippen LogP contribution in [0.1, 0.15) is 22.5 Å². The monoisotopic (exact) mass is 446 g/mol. The normalized spacial score (nSPS) is 22.4. The van der Waals surface area contributed by atoms with Gasteiger partial charge >= 0.3 is 0 Å². The van der Waals surface area contributed by atoms with Gasteiger partial charge in [-0.15, -0.1) is 11.3 Å². The first-order valence-corrected chi connectivity index (χ1v) is 11.4. The Morgan fingerprint density at radius 3 is 2.55 bits per heavy atom. The van der Waals surface area contributed by atoms with Crippen LogP contribution in [0.5, 0.6) is 5.75 Å². The molecule has 31 heavy (non-hydrogen) atoms. The molecule has 166 valence electrons. The van der Waals surface area contributed by atoms with Crippen molar-refractivity contribution in [1.29, 1.82) is 0 Å². The van der Waals surface area contributed by atoms with Crippen LogP contribution >= 0.6 is 11.3 Å². The molecule has 2 aliphatic heterocycles. The van der Waals surface area contributed by atoms with Crippen molar-refractivity contribution in [2.45, 2.75) is 18.9 Å². The highest BCUT2D eigenvalue weighted by molar-refractivity contribution is 7.11. The minimum absolute atomic E-state index is 0.0558. The van der Waals surface area contributed by atoms with Crippen LogP contribution in [-0.2, 0) is 4.79 Å². The maximum atomic E-state index is 13.3. The molecular formula is C22H27FN4O3S. The van der Waals surface area contributed by atoms with Crippen molar-refractivity contribution in [3.05, 3.63) is 46.7 Å². The lowest BCUT2D eigenvalue weighted by molar-refractivity contribution is -0.135. The van der Waals surface area contributed by atoms with Gasteiger partial charge in [-0.1, -0.05) is 0 Å². The number of hydrogen-bond acceptors (Lipinski definition) is 6. The lowest BCUT2D eigenvalue weighted by atomic mass is 9.90. The molecule has 0 aliphatic carbocycles. The fourth-order valence-electron chi connectivity index (χ4n) is 4.12. The van der Waals surface area contributed by atoms with E-state index in [0.717, 1.165) is 26.2 Å². The smallest absolute Gasteiger partial charge is 0.265 e. The molecule has 9 heteroatoms. The molecule has 3 heterocycles. The predicted molar refractivity (Wildman–Crippen MR) is 116 cm³/mol. The van der Waals surface area contributed by atoms with Gasteiger partial charge in [-0.25, -0.2) is 4.39 Å². The number of ether oxygens (including phenoxy) is 1. The lowest BCUT2D eigenvalue weighted by Crippen LogP contribution is -2.51. The number of carbonyl (C=O) groups is 2. The summed E-state index contributed by atoms with van der Waals surface area (Å²) in [6.45, 7) is 4.15. The number of halogens is 1. The summed E-state index contributed by atoms with van der Waals surface area (Å²) in [4.78, 5) is 36.4. The van der Waals surface area contributed by atoms with E-state index in [9.17, 15) is 14.0 Å². The molecule has 0 saturated carbocycles. The Hall–Kier alpha value is -2.52. The number of hydrogen-bond donors (Lipinski definition) is 0. The van der Waals surface area contributed by atoms with E-state index in [-0.39, 0.29) is 29.7 Å². The summed E-state index contributed by atoms with van der Waals surface area (Å²) in [6, 6.07) is 5.93. The third-order valence-corrected chi connectivity index (χ3v) is 6.75. The number of piperazine rings is 1. The minimum Gasteiger partial charge on any atom is -0.490 e. The van der Waals surface area contributed by atoms with Gasteiger partial charge in [0.25, 0.3) is 5.91 Å². The van der Waals surface area contributed by atoms with Crippen LogP contribution in [0.3, 0.4) is 0 Å². The summed E-state index contributed by atoms with van der Waals surface area (Å²) in [7, 11) is 2.05. The van der Waals surface area contributed by atoms with Crippen molar-refractivity contribution < 1.29 is 18.7 Å². The summed E-state index contributed by atoms with van der Waals surface area (Å²) in [6.07, 6.45) is 2.30. The number of likely N-dealkylation sites (tertiary alicyclic amines) is 1. The largest absolute Gasteiger partial charge is 0.490 e. The summed E-state index contributed by atoms with van der Waals surface area (Å²) in [5.41, 5.74) is 1.64. The molecule has 1 aromatic carbocycles. The minimum atomic E-state index is -0.320. The van der Waals surface area contributed by atoms with Gasteiger partial charge in [-0.05, 0) is 31.3 Å². The van der Waals surface area contributed by atoms with Gasteiger partial charge < -0.3 is 19.4 Å². The number of rotatable bonds is 5. The third-order valence-electron chi connectivity index (χ3n) is 5.99. The third kappa shape index (κ3) is 5.40. The highest BCUT2D eigenvalue weighted by Gasteiger charge is 2.36. The van der Waals surface area contributed by atoms with Gasteiger partial charge in [-0.3, -0.25) is 14.6 Å². The van der Waals surface area contributed by atoms with Crippen LogP contribution in [0, 0.1) is 11.7 Å². The number of benzene rings is 1. The van der Waals surface area contributed by atoms with E-state index in [1.807, 2.05) is 4.90 Å². The van der Waals surface area contributed by atoms with Crippen molar-refractivity contribution in [2.24, 2.45) is 5.92 Å². The molecule has 0 N–H and O–H groups in total. The van der Waals surface area contributed by atoms with E-state index in [0.29, 0.717) is 36.6 Å². The fraction of sp³-hybridized carbons (Fsp3) is 0.500. The van der Waals surface area contributed by atoms with Crippen LogP contribution in [0.25, 0.3) is 0 Å². The number of thiazole rings is 1. The van der Waals surface area contributed by atoms with Gasteiger partial charge in [0.2, 0.25) is 5.91 Å². The average Bonchev–Trinajstić information content (AvgIpc) is 3.31. The Morgan fingerprint density at radius 2 is 1.87 bits per heavy atom. The van der Waals surface area contributed by atoms with Crippen LogP contribution in [0.2, 0.25) is 0 Å². The highest BCUT2D eigenvalue weighted by atomic mass is 32.1. The van der Waals surface area contributed by atoms with Crippen LogP contribution in [0.4, 0.5) is 4.39 Å². The van der Waals surface area contributed by atoms with Crippen molar-refractivity contribution in [2.75, 3.05) is 46.3 Å². The molecule has 2 aromatic rings. The van der Waals surface area contributed by atoms with E-state index in [1.165, 1.54) is 23.5 Å². The first kappa shape index (κ1) is 21.7. The number of amides is 2. The molecule has 2 atom stereocenters. The van der Waals surface area contributed by atoms with Gasteiger partial charge in [-0.2, -0.15) is 0 Å². The molecular weight excluding hydrogens is 419 g/mol. The van der Waals surface area contributed by atoms with Gasteiger partial charge in [0, 0.05) is 58.0 Å². The molecule has 0 bridgehead atoms. The summed E-state index contributed by atoms with van der Waals surface area (Å²) in [5, 5.41) is 0. The second-order valence-electron chi connectivity index (χ2n) is 8.16. The maximum absolute atomic E-state index is 13.3. The molecule has 4 rings (SSSR count). The molecule has 2 amide bonds. The van der Waals surface area contributed by atoms with E-state index < -0.39 is 0 Å². The van der Waals surface area contributed by atoms with E-state index in [4.69, 9.17) is 4.74 Å². The summed E-state index contributed by atoms with van der Waals surface area (Å²) in [5.74, 6) is 0.158. The zero-order valence-corrected chi connectivity index (χ0v) is 18.4. The van der Waals surface area contributed by atoms with Gasteiger partial charge in [0.15, 0.2) is 0 Å². The fourth-order valence-corrected chi connectivity index (χ4v) is 4.71. The first-order valence-electron chi connectivity index (χ1n) is 10.6. The zero-order valence-electron chi connectivity index (χ0n) is 17.6. The number of likely N-dealkylation sites (N-methyl/N-ethyl adjacent to an activating group) is 1. The Kier molecular flexibility index (Phi) is 6.82. The van der Waals surface area contributed by atoms with Crippen molar-refractivity contribution in [3.8, 4) is 5.75 Å². The van der Waals surface area contributed by atoms with E-state index >= 15 is 0 Å². The molecule has 0 spiro atoms. The second-order valence-corrected chi connectivity index (χ2v) is 9.05. The molecule has 0 radical (unpaired) electrons. The second kappa shape index (κ2) is 9.74. The first-order chi connectivity index (χ1) is 15.0. The molecule has 2 fully saturated rings. The van der Waals surface area contributed by atoms with Gasteiger partial charge in [0.1, 0.15) is 22.5 Å². The number of carbonyl (C=O) groups excluding carboxylic acids is 2. The van der Waals surface area contributed by atoms with Crippen molar-refractivity contribution >= 4 is 23.2 Å². The number of aromatic nitrogens is 1. The highest BCUT2D eigenvalue weighted by Crippen LogP contribution is 2.28. The van der Waals surface area contributed by atoms with E-state index in [1.54, 1.807) is 28.7 Å². The zero-order chi connectivity index (χ0) is 21.8. The molecule has 2 saturated heterocycles. The Labute approximate surface area is 185 Å². The molecule has 2 aliphatic rings.